The summed E-state index contributed by atoms with van der Waals surface area (Å²) in [5.74, 6) is 0.171. The summed E-state index contributed by atoms with van der Waals surface area (Å²) >= 11 is 1.56. The summed E-state index contributed by atoms with van der Waals surface area (Å²) in [5, 5.41) is 0.967. The van der Waals surface area contributed by atoms with Gasteiger partial charge in [0, 0.05) is 24.7 Å². The highest BCUT2D eigenvalue weighted by Crippen LogP contribution is 2.33. The van der Waals surface area contributed by atoms with Crippen molar-refractivity contribution in [1.29, 1.82) is 0 Å². The summed E-state index contributed by atoms with van der Waals surface area (Å²) < 4.78 is 0. The zero-order valence-corrected chi connectivity index (χ0v) is 19.1. The van der Waals surface area contributed by atoms with E-state index in [1.54, 1.807) is 11.3 Å². The van der Waals surface area contributed by atoms with Crippen molar-refractivity contribution < 1.29 is 4.79 Å². The fourth-order valence-corrected chi connectivity index (χ4v) is 5.88. The van der Waals surface area contributed by atoms with Crippen molar-refractivity contribution in [3.63, 3.8) is 0 Å². The van der Waals surface area contributed by atoms with E-state index in [1.807, 2.05) is 6.92 Å². The van der Waals surface area contributed by atoms with Crippen molar-refractivity contribution in [1.82, 2.24) is 14.8 Å². The Labute approximate surface area is 178 Å². The minimum absolute atomic E-state index is 0.171. The van der Waals surface area contributed by atoms with Crippen LogP contribution in [-0.4, -0.2) is 52.9 Å². The van der Waals surface area contributed by atoms with Gasteiger partial charge in [-0.3, -0.25) is 4.79 Å². The molecule has 0 N–H and O–H groups in total. The number of aromatic nitrogens is 1. The van der Waals surface area contributed by atoms with Crippen LogP contribution < -0.4 is 0 Å². The highest BCUT2D eigenvalue weighted by Gasteiger charge is 2.29. The predicted octanol–water partition coefficient (Wildman–Crippen LogP) is 5.13. The Morgan fingerprint density at radius 3 is 2.28 bits per heavy atom. The topological polar surface area (TPSA) is 36.4 Å². The number of thiazole rings is 1. The molecule has 2 saturated heterocycles. The molecule has 0 saturated carbocycles. The average Bonchev–Trinajstić information content (AvgIpc) is 3.12. The van der Waals surface area contributed by atoms with E-state index in [-0.39, 0.29) is 5.91 Å². The van der Waals surface area contributed by atoms with E-state index < -0.39 is 0 Å². The Balaban J connectivity index is 1.47. The highest BCUT2D eigenvalue weighted by atomic mass is 32.1. The number of hydrogen-bond donors (Lipinski definition) is 0. The summed E-state index contributed by atoms with van der Waals surface area (Å²) in [4.78, 5) is 23.5. The molecule has 0 atom stereocenters. The number of carbonyl (C=O) groups excluding carboxylic acids is 1. The van der Waals surface area contributed by atoms with Gasteiger partial charge in [-0.25, -0.2) is 4.98 Å². The van der Waals surface area contributed by atoms with Crippen LogP contribution in [0, 0.1) is 27.7 Å². The third kappa shape index (κ3) is 4.26. The maximum absolute atomic E-state index is 13.2. The minimum atomic E-state index is 0.171. The molecule has 4 rings (SSSR count). The number of likely N-dealkylation sites (tertiary alicyclic amines) is 2. The van der Waals surface area contributed by atoms with Crippen molar-refractivity contribution in [3.8, 4) is 10.6 Å². The standard InChI is InChI=1S/C24H33N3OS/c1-16-14-18(3)21(15-17(16)2)23-25-19(4)22(29-23)24(28)27-12-8-20(9-13-27)26-10-6-5-7-11-26/h14-15,20H,5-13H2,1-4H3. The molecular weight excluding hydrogens is 378 g/mol. The number of nitrogens with zero attached hydrogens (tertiary/aromatic N) is 3. The lowest BCUT2D eigenvalue weighted by Gasteiger charge is -2.40. The summed E-state index contributed by atoms with van der Waals surface area (Å²) in [5.41, 5.74) is 5.82. The second kappa shape index (κ2) is 8.57. The molecule has 1 aromatic carbocycles. The molecule has 0 radical (unpaired) electrons. The van der Waals surface area contributed by atoms with Crippen LogP contribution in [0.2, 0.25) is 0 Å². The van der Waals surface area contributed by atoms with Gasteiger partial charge in [-0.2, -0.15) is 0 Å². The van der Waals surface area contributed by atoms with Crippen LogP contribution in [0.25, 0.3) is 10.6 Å². The molecular formula is C24H33N3OS. The first-order valence-corrected chi connectivity index (χ1v) is 11.8. The first-order chi connectivity index (χ1) is 13.9. The molecule has 5 heteroatoms. The number of rotatable bonds is 3. The van der Waals surface area contributed by atoms with Gasteiger partial charge in [0.05, 0.1) is 5.69 Å². The van der Waals surface area contributed by atoms with Gasteiger partial charge in [-0.05, 0) is 89.2 Å². The van der Waals surface area contributed by atoms with E-state index in [4.69, 9.17) is 4.98 Å². The average molecular weight is 412 g/mol. The zero-order valence-electron chi connectivity index (χ0n) is 18.3. The predicted molar refractivity (Wildman–Crippen MR) is 121 cm³/mol. The molecule has 29 heavy (non-hydrogen) atoms. The summed E-state index contributed by atoms with van der Waals surface area (Å²) in [7, 11) is 0. The second-order valence-electron chi connectivity index (χ2n) is 8.80. The molecule has 3 heterocycles. The van der Waals surface area contributed by atoms with E-state index in [0.717, 1.165) is 47.1 Å². The van der Waals surface area contributed by atoms with Crippen LogP contribution >= 0.6 is 11.3 Å². The van der Waals surface area contributed by atoms with Gasteiger partial charge >= 0.3 is 0 Å². The van der Waals surface area contributed by atoms with Crippen molar-refractivity contribution in [3.05, 3.63) is 39.4 Å². The summed E-state index contributed by atoms with van der Waals surface area (Å²) in [6.45, 7) is 12.6. The molecule has 1 aromatic heterocycles. The van der Waals surface area contributed by atoms with E-state index in [0.29, 0.717) is 6.04 Å². The SMILES string of the molecule is Cc1cc(C)c(-c2nc(C)c(C(=O)N3CCC(N4CCCCC4)CC3)s2)cc1C. The Morgan fingerprint density at radius 2 is 1.59 bits per heavy atom. The van der Waals surface area contributed by atoms with Crippen molar-refractivity contribution in [2.75, 3.05) is 26.2 Å². The fraction of sp³-hybridized carbons (Fsp3) is 0.583. The Kier molecular flexibility index (Phi) is 6.07. The number of hydrogen-bond acceptors (Lipinski definition) is 4. The Bertz CT molecular complexity index is 890. The van der Waals surface area contributed by atoms with Gasteiger partial charge in [0.15, 0.2) is 0 Å². The Morgan fingerprint density at radius 1 is 0.931 bits per heavy atom. The van der Waals surface area contributed by atoms with Gasteiger partial charge in [0.2, 0.25) is 0 Å². The molecule has 2 aliphatic heterocycles. The molecule has 2 aliphatic rings. The first kappa shape index (κ1) is 20.5. The third-order valence-corrected chi connectivity index (χ3v) is 7.90. The molecule has 2 fully saturated rings. The Hall–Kier alpha value is -1.72. The number of benzene rings is 1. The van der Waals surface area contributed by atoms with Gasteiger partial charge in [-0.15, -0.1) is 11.3 Å². The number of carbonyl (C=O) groups is 1. The van der Waals surface area contributed by atoms with E-state index >= 15 is 0 Å². The van der Waals surface area contributed by atoms with Gasteiger partial charge in [0.25, 0.3) is 5.91 Å². The van der Waals surface area contributed by atoms with Gasteiger partial charge in [0.1, 0.15) is 9.88 Å². The molecule has 0 spiro atoms. The summed E-state index contributed by atoms with van der Waals surface area (Å²) in [6.07, 6.45) is 6.25. The highest BCUT2D eigenvalue weighted by molar-refractivity contribution is 7.17. The lowest BCUT2D eigenvalue weighted by atomic mass is 10.00. The zero-order chi connectivity index (χ0) is 20.5. The number of amides is 1. The molecule has 0 bridgehead atoms. The van der Waals surface area contributed by atoms with Crippen LogP contribution in [0.1, 0.15) is 64.2 Å². The molecule has 1 amide bonds. The van der Waals surface area contributed by atoms with E-state index in [2.05, 4.69) is 42.7 Å². The monoisotopic (exact) mass is 411 g/mol. The third-order valence-electron chi connectivity index (χ3n) is 6.72. The van der Waals surface area contributed by atoms with Crippen molar-refractivity contribution >= 4 is 17.2 Å². The normalized spacial score (nSPS) is 19.0. The fourth-order valence-electron chi connectivity index (χ4n) is 4.76. The minimum Gasteiger partial charge on any atom is -0.338 e. The van der Waals surface area contributed by atoms with Crippen LogP contribution in [-0.2, 0) is 0 Å². The molecule has 156 valence electrons. The maximum Gasteiger partial charge on any atom is 0.265 e. The summed E-state index contributed by atoms with van der Waals surface area (Å²) in [6, 6.07) is 5.09. The van der Waals surface area contributed by atoms with Crippen molar-refractivity contribution in [2.45, 2.75) is 65.8 Å². The maximum atomic E-state index is 13.2. The largest absolute Gasteiger partial charge is 0.338 e. The van der Waals surface area contributed by atoms with E-state index in [1.165, 1.54) is 49.0 Å². The number of piperidine rings is 2. The van der Waals surface area contributed by atoms with E-state index in [9.17, 15) is 4.79 Å². The number of aryl methyl sites for hydroxylation is 4. The molecule has 0 unspecified atom stereocenters. The smallest absolute Gasteiger partial charge is 0.265 e. The molecule has 0 aliphatic carbocycles. The van der Waals surface area contributed by atoms with Crippen LogP contribution in [0.5, 0.6) is 0 Å². The van der Waals surface area contributed by atoms with Gasteiger partial charge < -0.3 is 9.80 Å². The molecule has 2 aromatic rings. The second-order valence-corrected chi connectivity index (χ2v) is 9.80. The van der Waals surface area contributed by atoms with Crippen molar-refractivity contribution in [2.24, 2.45) is 0 Å². The lowest BCUT2D eigenvalue weighted by Crippen LogP contribution is -2.48. The van der Waals surface area contributed by atoms with Crippen LogP contribution in [0.4, 0.5) is 0 Å². The lowest BCUT2D eigenvalue weighted by molar-refractivity contribution is 0.0593. The first-order valence-electron chi connectivity index (χ1n) is 11.0. The molecule has 4 nitrogen and oxygen atoms in total. The van der Waals surface area contributed by atoms with Crippen LogP contribution in [0.15, 0.2) is 12.1 Å². The van der Waals surface area contributed by atoms with Crippen LogP contribution in [0.3, 0.4) is 0 Å². The quantitative estimate of drug-likeness (QED) is 0.702. The van der Waals surface area contributed by atoms with Gasteiger partial charge in [-0.1, -0.05) is 12.5 Å².